The van der Waals surface area contributed by atoms with E-state index in [0.717, 1.165) is 70.0 Å². The fourth-order valence-electron chi connectivity index (χ4n) is 4.41. The lowest BCUT2D eigenvalue weighted by Gasteiger charge is -2.30. The molecule has 1 aliphatic carbocycles. The van der Waals surface area contributed by atoms with Gasteiger partial charge in [0.15, 0.2) is 0 Å². The first-order chi connectivity index (χ1) is 18.6. The highest BCUT2D eigenvalue weighted by atomic mass is 16.5. The molecule has 1 aromatic heterocycles. The molecule has 0 aliphatic heterocycles. The summed E-state index contributed by atoms with van der Waals surface area (Å²) in [5.41, 5.74) is 0. The number of aliphatic hydroxyl groups is 1. The summed E-state index contributed by atoms with van der Waals surface area (Å²) in [6.45, 7) is 11.6. The number of anilines is 2. The van der Waals surface area contributed by atoms with Gasteiger partial charge in [-0.15, -0.1) is 0 Å². The second kappa shape index (κ2) is 20.4. The van der Waals surface area contributed by atoms with E-state index >= 15 is 0 Å². The number of nitrogens with zero attached hydrogens (tertiary/aromatic N) is 5. The summed E-state index contributed by atoms with van der Waals surface area (Å²) in [5, 5.41) is 11.2. The van der Waals surface area contributed by atoms with Crippen LogP contribution in [0.4, 0.5) is 11.9 Å². The second-order valence-electron chi connectivity index (χ2n) is 10.4. The number of aromatic nitrogens is 3. The molecule has 1 aliphatic rings. The molecule has 0 radical (unpaired) electrons. The zero-order valence-corrected chi connectivity index (χ0v) is 24.7. The number of hydrogen-bond donors (Lipinski definition) is 1. The van der Waals surface area contributed by atoms with Crippen molar-refractivity contribution in [2.45, 2.75) is 130 Å². The van der Waals surface area contributed by atoms with Crippen molar-refractivity contribution >= 4 is 11.9 Å². The molecule has 1 atom stereocenters. The third-order valence-corrected chi connectivity index (χ3v) is 6.97. The van der Waals surface area contributed by atoms with Gasteiger partial charge in [-0.05, 0) is 44.9 Å². The molecule has 1 heterocycles. The van der Waals surface area contributed by atoms with Gasteiger partial charge in [-0.3, -0.25) is 9.80 Å². The minimum absolute atomic E-state index is 0.248. The summed E-state index contributed by atoms with van der Waals surface area (Å²) >= 11 is 0. The van der Waals surface area contributed by atoms with E-state index in [4.69, 9.17) is 29.2 Å². The van der Waals surface area contributed by atoms with Gasteiger partial charge in [0.05, 0.1) is 0 Å². The maximum atomic E-state index is 11.2. The molecule has 0 aromatic carbocycles. The number of aliphatic hydroxyl groups excluding tert-OH is 1. The Morgan fingerprint density at radius 2 is 1.24 bits per heavy atom. The van der Waals surface area contributed by atoms with Crippen LogP contribution < -0.4 is 9.80 Å². The molecule has 0 saturated heterocycles. The van der Waals surface area contributed by atoms with E-state index in [1.807, 2.05) is 4.90 Å². The van der Waals surface area contributed by atoms with Crippen LogP contribution in [0.5, 0.6) is 0 Å². The largest absolute Gasteiger partial charge is 0.373 e. The maximum absolute atomic E-state index is 11.2. The van der Waals surface area contributed by atoms with Crippen LogP contribution in [0.15, 0.2) is 0 Å². The molecule has 0 bridgehead atoms. The summed E-state index contributed by atoms with van der Waals surface area (Å²) in [5.74, 6) is 2.12. The highest BCUT2D eigenvalue weighted by molar-refractivity contribution is 5.39. The SMILES string of the molecule is CCCCOCN(COCCCC)c1nc(C2CCCCC2)nc(N(COCCCC)C(O)CCCC)n1. The minimum Gasteiger partial charge on any atom is -0.373 e. The summed E-state index contributed by atoms with van der Waals surface area (Å²) in [4.78, 5) is 18.5. The Hall–Kier alpha value is -1.55. The average Bonchev–Trinajstić information content (AvgIpc) is 2.95. The zero-order valence-electron chi connectivity index (χ0n) is 24.7. The van der Waals surface area contributed by atoms with Crippen LogP contribution in [-0.4, -0.2) is 66.3 Å². The van der Waals surface area contributed by atoms with Crippen LogP contribution in [0.25, 0.3) is 0 Å². The normalized spacial score (nSPS) is 15.1. The first-order valence-corrected chi connectivity index (χ1v) is 15.3. The van der Waals surface area contributed by atoms with E-state index in [1.54, 1.807) is 4.90 Å². The van der Waals surface area contributed by atoms with Crippen LogP contribution in [0.2, 0.25) is 0 Å². The van der Waals surface area contributed by atoms with Crippen molar-refractivity contribution in [2.75, 3.05) is 49.8 Å². The third-order valence-electron chi connectivity index (χ3n) is 6.97. The van der Waals surface area contributed by atoms with Gasteiger partial charge in [0.1, 0.15) is 32.2 Å². The summed E-state index contributed by atoms with van der Waals surface area (Å²) in [6, 6.07) is 0. The van der Waals surface area contributed by atoms with Crippen molar-refractivity contribution in [2.24, 2.45) is 0 Å². The van der Waals surface area contributed by atoms with Crippen molar-refractivity contribution < 1.29 is 19.3 Å². The van der Waals surface area contributed by atoms with Crippen LogP contribution in [0.1, 0.15) is 129 Å². The van der Waals surface area contributed by atoms with Crippen molar-refractivity contribution in [3.63, 3.8) is 0 Å². The van der Waals surface area contributed by atoms with Crippen molar-refractivity contribution in [1.82, 2.24) is 15.0 Å². The molecule has 1 aromatic rings. The molecule has 0 spiro atoms. The molecule has 220 valence electrons. The highest BCUT2D eigenvalue weighted by Gasteiger charge is 2.26. The summed E-state index contributed by atoms with van der Waals surface area (Å²) in [7, 11) is 0. The molecule has 1 saturated carbocycles. The van der Waals surface area contributed by atoms with E-state index in [-0.39, 0.29) is 6.73 Å². The lowest BCUT2D eigenvalue weighted by Crippen LogP contribution is -2.40. The monoisotopic (exact) mass is 537 g/mol. The molecular formula is C29H55N5O4. The summed E-state index contributed by atoms with van der Waals surface area (Å²) < 4.78 is 17.9. The number of rotatable bonds is 22. The summed E-state index contributed by atoms with van der Waals surface area (Å²) in [6.07, 6.45) is 13.9. The van der Waals surface area contributed by atoms with Crippen LogP contribution in [0, 0.1) is 0 Å². The number of unbranched alkanes of at least 4 members (excludes halogenated alkanes) is 4. The van der Waals surface area contributed by atoms with Gasteiger partial charge in [0, 0.05) is 25.7 Å². The molecule has 1 unspecified atom stereocenters. The Morgan fingerprint density at radius 1 is 0.711 bits per heavy atom. The van der Waals surface area contributed by atoms with E-state index < -0.39 is 6.23 Å². The molecule has 38 heavy (non-hydrogen) atoms. The van der Waals surface area contributed by atoms with E-state index in [1.165, 1.54) is 19.3 Å². The standard InChI is InChI=1S/C29H55N5O4/c1-5-9-18-26(35)34(24-38-21-12-8-4)29-31-27(25-16-14-13-15-17-25)30-28(32-29)33(22-36-19-10-6-2)23-37-20-11-7-3/h25-26,35H,5-24H2,1-4H3. The van der Waals surface area contributed by atoms with Crippen LogP contribution in [0.3, 0.4) is 0 Å². The number of ether oxygens (including phenoxy) is 3. The first kappa shape index (κ1) is 32.7. The molecule has 9 heteroatoms. The Bertz CT molecular complexity index is 708. The van der Waals surface area contributed by atoms with Crippen molar-refractivity contribution in [1.29, 1.82) is 0 Å². The predicted octanol–water partition coefficient (Wildman–Crippen LogP) is 6.36. The Labute approximate surface area is 231 Å². The lowest BCUT2D eigenvalue weighted by atomic mass is 9.89. The first-order valence-electron chi connectivity index (χ1n) is 15.3. The van der Waals surface area contributed by atoms with Gasteiger partial charge in [0.25, 0.3) is 0 Å². The molecular weight excluding hydrogens is 482 g/mol. The Kier molecular flexibility index (Phi) is 17.5. The van der Waals surface area contributed by atoms with Crippen LogP contribution >= 0.6 is 0 Å². The van der Waals surface area contributed by atoms with Crippen LogP contribution in [-0.2, 0) is 14.2 Å². The van der Waals surface area contributed by atoms with Gasteiger partial charge in [0.2, 0.25) is 11.9 Å². The van der Waals surface area contributed by atoms with Gasteiger partial charge < -0.3 is 19.3 Å². The fraction of sp³-hybridized carbons (Fsp3) is 0.897. The van der Waals surface area contributed by atoms with Gasteiger partial charge in [-0.25, -0.2) is 0 Å². The lowest BCUT2D eigenvalue weighted by molar-refractivity contribution is 0.0759. The van der Waals surface area contributed by atoms with Gasteiger partial charge in [-0.2, -0.15) is 15.0 Å². The highest BCUT2D eigenvalue weighted by Crippen LogP contribution is 2.32. The quantitative estimate of drug-likeness (QED) is 0.134. The van der Waals surface area contributed by atoms with E-state index in [2.05, 4.69) is 27.7 Å². The molecule has 2 rings (SSSR count). The zero-order chi connectivity index (χ0) is 27.4. The van der Waals surface area contributed by atoms with Gasteiger partial charge >= 0.3 is 0 Å². The Morgan fingerprint density at radius 3 is 1.79 bits per heavy atom. The smallest absolute Gasteiger partial charge is 0.234 e. The second-order valence-corrected chi connectivity index (χ2v) is 10.4. The van der Waals surface area contributed by atoms with E-state index in [9.17, 15) is 5.11 Å². The third kappa shape index (κ3) is 12.1. The molecule has 0 amide bonds. The topological polar surface area (TPSA) is 93.1 Å². The maximum Gasteiger partial charge on any atom is 0.234 e. The average molecular weight is 538 g/mol. The minimum atomic E-state index is -0.721. The van der Waals surface area contributed by atoms with E-state index in [0.29, 0.717) is 57.5 Å². The van der Waals surface area contributed by atoms with Gasteiger partial charge in [-0.1, -0.05) is 72.6 Å². The number of hydrogen-bond acceptors (Lipinski definition) is 9. The van der Waals surface area contributed by atoms with Crippen molar-refractivity contribution in [3.8, 4) is 0 Å². The fourth-order valence-corrected chi connectivity index (χ4v) is 4.41. The molecule has 1 fully saturated rings. The molecule has 1 N–H and O–H groups in total. The Balaban J connectivity index is 2.39. The molecule has 9 nitrogen and oxygen atoms in total. The predicted molar refractivity (Wildman–Crippen MR) is 153 cm³/mol. The van der Waals surface area contributed by atoms with Crippen molar-refractivity contribution in [3.05, 3.63) is 5.82 Å².